The summed E-state index contributed by atoms with van der Waals surface area (Å²) in [6.45, 7) is 6.84. The summed E-state index contributed by atoms with van der Waals surface area (Å²) in [7, 11) is 0. The molecule has 0 aliphatic carbocycles. The Balaban J connectivity index is 2.03. The van der Waals surface area contributed by atoms with Crippen LogP contribution in [0, 0.1) is 6.92 Å². The van der Waals surface area contributed by atoms with Crippen molar-refractivity contribution in [2.75, 3.05) is 13.1 Å². The monoisotopic (exact) mass is 366 g/mol. The highest BCUT2D eigenvalue weighted by Crippen LogP contribution is 2.11. The van der Waals surface area contributed by atoms with Crippen LogP contribution < -0.4 is 5.32 Å². The van der Waals surface area contributed by atoms with Gasteiger partial charge in [0.05, 0.1) is 0 Å². The molecule has 2 rings (SSSR count). The standard InChI is InChI=1S/C23H30N2O2/c1-4-24-23(27)19(3)25(17-16-20-8-6-5-7-9-20)22(26)15-14-21-12-10-18(2)11-13-21/h5-13,19H,4,14-17H2,1-3H3,(H,24,27)/t19-/m1/s1. The largest absolute Gasteiger partial charge is 0.355 e. The Bertz CT molecular complexity index is 726. The van der Waals surface area contributed by atoms with Gasteiger partial charge in [0.25, 0.3) is 0 Å². The fraction of sp³-hybridized carbons (Fsp3) is 0.391. The van der Waals surface area contributed by atoms with Gasteiger partial charge in [-0.2, -0.15) is 0 Å². The van der Waals surface area contributed by atoms with Gasteiger partial charge in [-0.3, -0.25) is 9.59 Å². The number of aryl methyl sites for hydroxylation is 2. The van der Waals surface area contributed by atoms with Gasteiger partial charge in [-0.15, -0.1) is 0 Å². The van der Waals surface area contributed by atoms with Crippen LogP contribution in [0.25, 0.3) is 0 Å². The third-order valence-electron chi connectivity index (χ3n) is 4.75. The van der Waals surface area contributed by atoms with Crippen LogP contribution in [0.3, 0.4) is 0 Å². The van der Waals surface area contributed by atoms with E-state index in [1.807, 2.05) is 44.2 Å². The van der Waals surface area contributed by atoms with Crippen LogP contribution in [0.5, 0.6) is 0 Å². The molecule has 0 aromatic heterocycles. The van der Waals surface area contributed by atoms with Gasteiger partial charge in [0.1, 0.15) is 6.04 Å². The van der Waals surface area contributed by atoms with Gasteiger partial charge in [-0.25, -0.2) is 0 Å². The van der Waals surface area contributed by atoms with Gasteiger partial charge in [0.15, 0.2) is 0 Å². The number of rotatable bonds is 9. The summed E-state index contributed by atoms with van der Waals surface area (Å²) < 4.78 is 0. The zero-order valence-corrected chi connectivity index (χ0v) is 16.6. The van der Waals surface area contributed by atoms with Crippen LogP contribution in [-0.4, -0.2) is 35.8 Å². The van der Waals surface area contributed by atoms with E-state index in [9.17, 15) is 9.59 Å². The third-order valence-corrected chi connectivity index (χ3v) is 4.75. The maximum Gasteiger partial charge on any atom is 0.242 e. The minimum absolute atomic E-state index is 0.0188. The van der Waals surface area contributed by atoms with E-state index in [0.717, 1.165) is 17.5 Å². The Morgan fingerprint density at radius 2 is 1.59 bits per heavy atom. The Labute approximate surface area is 162 Å². The van der Waals surface area contributed by atoms with Crippen molar-refractivity contribution in [1.29, 1.82) is 0 Å². The van der Waals surface area contributed by atoms with Crippen LogP contribution >= 0.6 is 0 Å². The van der Waals surface area contributed by atoms with E-state index in [1.54, 1.807) is 11.8 Å². The van der Waals surface area contributed by atoms with E-state index < -0.39 is 6.04 Å². The molecule has 4 heteroatoms. The fourth-order valence-corrected chi connectivity index (χ4v) is 3.04. The normalized spacial score (nSPS) is 11.7. The molecule has 2 aromatic rings. The molecule has 2 amide bonds. The summed E-state index contributed by atoms with van der Waals surface area (Å²) in [5, 5.41) is 2.83. The van der Waals surface area contributed by atoms with Crippen molar-refractivity contribution in [3.8, 4) is 0 Å². The summed E-state index contributed by atoms with van der Waals surface area (Å²) >= 11 is 0. The van der Waals surface area contributed by atoms with Crippen molar-refractivity contribution in [3.63, 3.8) is 0 Å². The van der Waals surface area contributed by atoms with Crippen molar-refractivity contribution in [2.24, 2.45) is 0 Å². The highest BCUT2D eigenvalue weighted by Gasteiger charge is 2.25. The van der Waals surface area contributed by atoms with Gasteiger partial charge >= 0.3 is 0 Å². The molecular weight excluding hydrogens is 336 g/mol. The highest BCUT2D eigenvalue weighted by atomic mass is 16.2. The molecule has 1 atom stereocenters. The van der Waals surface area contributed by atoms with Crippen LogP contribution in [0.1, 0.15) is 37.0 Å². The van der Waals surface area contributed by atoms with Crippen molar-refractivity contribution in [3.05, 3.63) is 71.3 Å². The van der Waals surface area contributed by atoms with Crippen LogP contribution in [0.4, 0.5) is 0 Å². The number of hydrogen-bond acceptors (Lipinski definition) is 2. The second-order valence-corrected chi connectivity index (χ2v) is 6.88. The smallest absolute Gasteiger partial charge is 0.242 e. The minimum Gasteiger partial charge on any atom is -0.355 e. The Morgan fingerprint density at radius 1 is 0.963 bits per heavy atom. The SMILES string of the molecule is CCNC(=O)[C@@H](C)N(CCc1ccccc1)C(=O)CCc1ccc(C)cc1. The highest BCUT2D eigenvalue weighted by molar-refractivity contribution is 5.87. The lowest BCUT2D eigenvalue weighted by Gasteiger charge is -2.28. The molecule has 0 spiro atoms. The molecule has 144 valence electrons. The number of benzene rings is 2. The molecule has 4 nitrogen and oxygen atoms in total. The van der Waals surface area contributed by atoms with E-state index >= 15 is 0 Å². The Morgan fingerprint density at radius 3 is 2.22 bits per heavy atom. The molecular formula is C23H30N2O2. The number of nitrogens with one attached hydrogen (secondary N) is 1. The number of amides is 2. The van der Waals surface area contributed by atoms with Crippen LogP contribution in [0.2, 0.25) is 0 Å². The zero-order valence-electron chi connectivity index (χ0n) is 16.6. The lowest BCUT2D eigenvalue weighted by atomic mass is 10.1. The average molecular weight is 367 g/mol. The molecule has 0 aliphatic rings. The lowest BCUT2D eigenvalue weighted by molar-refractivity contribution is -0.139. The molecule has 2 aromatic carbocycles. The number of nitrogens with zero attached hydrogens (tertiary/aromatic N) is 1. The molecule has 0 saturated heterocycles. The second-order valence-electron chi connectivity index (χ2n) is 6.88. The summed E-state index contributed by atoms with van der Waals surface area (Å²) in [6.07, 6.45) is 1.82. The first-order valence-electron chi connectivity index (χ1n) is 9.68. The quantitative estimate of drug-likeness (QED) is 0.738. The Kier molecular flexibility index (Phi) is 8.05. The van der Waals surface area contributed by atoms with E-state index in [2.05, 4.69) is 29.6 Å². The fourth-order valence-electron chi connectivity index (χ4n) is 3.04. The molecule has 0 fully saturated rings. The maximum absolute atomic E-state index is 12.9. The van der Waals surface area contributed by atoms with Gasteiger partial charge < -0.3 is 10.2 Å². The molecule has 0 unspecified atom stereocenters. The van der Waals surface area contributed by atoms with Gasteiger partial charge in [0.2, 0.25) is 11.8 Å². The third kappa shape index (κ3) is 6.55. The summed E-state index contributed by atoms with van der Waals surface area (Å²) in [5.74, 6) is -0.0838. The number of hydrogen-bond donors (Lipinski definition) is 1. The topological polar surface area (TPSA) is 49.4 Å². The molecule has 27 heavy (non-hydrogen) atoms. The summed E-state index contributed by atoms with van der Waals surface area (Å²) in [4.78, 5) is 26.9. The van der Waals surface area contributed by atoms with E-state index in [1.165, 1.54) is 5.56 Å². The molecule has 0 aliphatic heterocycles. The van der Waals surface area contributed by atoms with Crippen LogP contribution in [-0.2, 0) is 22.4 Å². The predicted molar refractivity (Wildman–Crippen MR) is 110 cm³/mol. The Hall–Kier alpha value is -2.62. The van der Waals surface area contributed by atoms with Crippen LogP contribution in [0.15, 0.2) is 54.6 Å². The number of carbonyl (C=O) groups excluding carboxylic acids is 2. The summed E-state index contributed by atoms with van der Waals surface area (Å²) in [6, 6.07) is 17.8. The van der Waals surface area contributed by atoms with Crippen molar-refractivity contribution >= 4 is 11.8 Å². The van der Waals surface area contributed by atoms with E-state index in [0.29, 0.717) is 25.9 Å². The van der Waals surface area contributed by atoms with Crippen molar-refractivity contribution in [1.82, 2.24) is 10.2 Å². The van der Waals surface area contributed by atoms with Crippen molar-refractivity contribution in [2.45, 2.75) is 46.1 Å². The number of carbonyl (C=O) groups is 2. The molecule has 0 saturated carbocycles. The van der Waals surface area contributed by atoms with Crippen molar-refractivity contribution < 1.29 is 9.59 Å². The molecule has 0 bridgehead atoms. The van der Waals surface area contributed by atoms with Gasteiger partial charge in [-0.05, 0) is 44.7 Å². The first-order valence-corrected chi connectivity index (χ1v) is 9.68. The van der Waals surface area contributed by atoms with Gasteiger partial charge in [0, 0.05) is 19.5 Å². The minimum atomic E-state index is -0.473. The molecule has 1 N–H and O–H groups in total. The maximum atomic E-state index is 12.9. The zero-order chi connectivity index (χ0) is 19.6. The van der Waals surface area contributed by atoms with Gasteiger partial charge in [-0.1, -0.05) is 60.2 Å². The van der Waals surface area contributed by atoms with E-state index in [-0.39, 0.29) is 11.8 Å². The summed E-state index contributed by atoms with van der Waals surface area (Å²) in [5.41, 5.74) is 3.51. The second kappa shape index (κ2) is 10.5. The molecule has 0 radical (unpaired) electrons. The first kappa shape index (κ1) is 20.7. The number of likely N-dealkylation sites (N-methyl/N-ethyl adjacent to an activating group) is 1. The predicted octanol–water partition coefficient (Wildman–Crippen LogP) is 3.52. The van der Waals surface area contributed by atoms with E-state index in [4.69, 9.17) is 0 Å². The molecule has 0 heterocycles. The average Bonchev–Trinajstić information content (AvgIpc) is 2.68. The first-order chi connectivity index (χ1) is 13.0. The lowest BCUT2D eigenvalue weighted by Crippen LogP contribution is -2.48.